The highest BCUT2D eigenvalue weighted by atomic mass is 32.1. The maximum absolute atomic E-state index is 9.77. The maximum Gasteiger partial charge on any atom is 0.144 e. The van der Waals surface area contributed by atoms with Crippen LogP contribution in [-0.4, -0.2) is 57.6 Å². The van der Waals surface area contributed by atoms with Gasteiger partial charge in [0.15, 0.2) is 0 Å². The van der Waals surface area contributed by atoms with Crippen molar-refractivity contribution >= 4 is 46.7 Å². The van der Waals surface area contributed by atoms with Gasteiger partial charge in [-0.3, -0.25) is 4.99 Å². The Hall–Kier alpha value is -0.420. The van der Waals surface area contributed by atoms with Gasteiger partial charge in [0.25, 0.3) is 0 Å². The van der Waals surface area contributed by atoms with Crippen LogP contribution in [0.2, 0.25) is 0 Å². The Balaban J connectivity index is 0. The predicted molar refractivity (Wildman–Crippen MR) is 94.4 cm³/mol. The van der Waals surface area contributed by atoms with Crippen molar-refractivity contribution in [1.82, 2.24) is 0 Å². The number of rotatable bonds is 3. The number of hydrogen-bond donors (Lipinski definition) is 4. The van der Waals surface area contributed by atoms with Gasteiger partial charge in [-0.1, -0.05) is 6.08 Å². The van der Waals surface area contributed by atoms with E-state index in [0.717, 1.165) is 0 Å². The van der Waals surface area contributed by atoms with Gasteiger partial charge in [-0.05, 0) is 17.7 Å². The lowest BCUT2D eigenvalue weighted by Crippen LogP contribution is -2.48. The second kappa shape index (κ2) is 10.3. The number of aliphatic hydroxyl groups is 4. The van der Waals surface area contributed by atoms with Crippen molar-refractivity contribution < 1.29 is 24.8 Å². The first-order chi connectivity index (χ1) is 8.63. The summed E-state index contributed by atoms with van der Waals surface area (Å²) in [5, 5.41) is 38.0. The van der Waals surface area contributed by atoms with Gasteiger partial charge in [0.2, 0.25) is 0 Å². The SMILES string of the molecule is OCC1=C[C@H](N=Cc2ccco2)[C@H](O)C(O)[C@@H]1O.S.S.S. The molecule has 4 atom stereocenters. The van der Waals surface area contributed by atoms with Crippen LogP contribution in [0.3, 0.4) is 0 Å². The van der Waals surface area contributed by atoms with Gasteiger partial charge in [0, 0.05) is 0 Å². The average molecular weight is 356 g/mol. The molecule has 122 valence electrons. The zero-order valence-electron chi connectivity index (χ0n) is 11.0. The molecule has 1 aliphatic carbocycles. The Morgan fingerprint density at radius 3 is 2.33 bits per heavy atom. The second-order valence-corrected chi connectivity index (χ2v) is 4.11. The summed E-state index contributed by atoms with van der Waals surface area (Å²) in [5.41, 5.74) is 0.245. The molecule has 1 aromatic rings. The van der Waals surface area contributed by atoms with Gasteiger partial charge in [0.1, 0.15) is 24.1 Å². The number of aliphatic hydroxyl groups excluding tert-OH is 4. The smallest absolute Gasteiger partial charge is 0.144 e. The normalized spacial score (nSPS) is 28.1. The van der Waals surface area contributed by atoms with Crippen LogP contribution in [0.25, 0.3) is 0 Å². The van der Waals surface area contributed by atoms with E-state index < -0.39 is 31.0 Å². The van der Waals surface area contributed by atoms with Crippen molar-refractivity contribution in [3.05, 3.63) is 35.8 Å². The summed E-state index contributed by atoms with van der Waals surface area (Å²) in [6, 6.07) is 2.67. The highest BCUT2D eigenvalue weighted by Gasteiger charge is 2.36. The minimum atomic E-state index is -1.36. The summed E-state index contributed by atoms with van der Waals surface area (Å²) in [4.78, 5) is 4.06. The van der Waals surface area contributed by atoms with Gasteiger partial charge < -0.3 is 24.8 Å². The fraction of sp³-hybridized carbons (Fsp3) is 0.417. The fourth-order valence-corrected chi connectivity index (χ4v) is 1.83. The maximum atomic E-state index is 9.77. The molecule has 1 heterocycles. The van der Waals surface area contributed by atoms with Crippen molar-refractivity contribution in [2.45, 2.75) is 24.4 Å². The molecule has 0 bridgehead atoms. The molecule has 2 rings (SSSR count). The van der Waals surface area contributed by atoms with Gasteiger partial charge in [-0.2, -0.15) is 40.5 Å². The molecule has 0 spiro atoms. The molecule has 0 aromatic carbocycles. The summed E-state index contributed by atoms with van der Waals surface area (Å²) >= 11 is 0. The van der Waals surface area contributed by atoms with E-state index in [1.54, 1.807) is 12.1 Å². The van der Waals surface area contributed by atoms with E-state index in [2.05, 4.69) is 4.99 Å². The summed E-state index contributed by atoms with van der Waals surface area (Å²) in [6.45, 7) is -0.391. The van der Waals surface area contributed by atoms with Gasteiger partial charge in [0.05, 0.1) is 25.1 Å². The van der Waals surface area contributed by atoms with Crippen molar-refractivity contribution in [3.63, 3.8) is 0 Å². The summed E-state index contributed by atoms with van der Waals surface area (Å²) in [6.07, 6.45) is 0.509. The zero-order chi connectivity index (χ0) is 13.1. The lowest BCUT2D eigenvalue weighted by Gasteiger charge is -2.32. The monoisotopic (exact) mass is 355 g/mol. The molecule has 0 saturated heterocycles. The van der Waals surface area contributed by atoms with Crippen LogP contribution in [0.15, 0.2) is 39.5 Å². The third-order valence-corrected chi connectivity index (χ3v) is 2.89. The van der Waals surface area contributed by atoms with Crippen LogP contribution in [0.5, 0.6) is 0 Å². The van der Waals surface area contributed by atoms with Gasteiger partial charge in [-0.15, -0.1) is 0 Å². The second-order valence-electron chi connectivity index (χ2n) is 4.11. The van der Waals surface area contributed by atoms with Crippen molar-refractivity contribution in [3.8, 4) is 0 Å². The molecule has 21 heavy (non-hydrogen) atoms. The van der Waals surface area contributed by atoms with E-state index in [9.17, 15) is 15.3 Å². The van der Waals surface area contributed by atoms with E-state index in [4.69, 9.17) is 9.52 Å². The van der Waals surface area contributed by atoms with E-state index in [-0.39, 0.29) is 46.1 Å². The summed E-state index contributed by atoms with van der Waals surface area (Å²) in [7, 11) is 0. The zero-order valence-corrected chi connectivity index (χ0v) is 14.0. The number of furan rings is 1. The molecule has 0 aliphatic heterocycles. The predicted octanol–water partition coefficient (Wildman–Crippen LogP) is -0.580. The van der Waals surface area contributed by atoms with E-state index in [1.807, 2.05) is 0 Å². The molecule has 0 fully saturated rings. The Morgan fingerprint density at radius 2 is 1.81 bits per heavy atom. The molecule has 4 N–H and O–H groups in total. The molecule has 0 radical (unpaired) electrons. The molecule has 1 aromatic heterocycles. The van der Waals surface area contributed by atoms with Gasteiger partial charge in [-0.25, -0.2) is 0 Å². The molecule has 1 unspecified atom stereocenters. The third-order valence-electron chi connectivity index (χ3n) is 2.89. The highest BCUT2D eigenvalue weighted by molar-refractivity contribution is 7.59. The molecular weight excluding hydrogens is 334 g/mol. The van der Waals surface area contributed by atoms with E-state index in [1.165, 1.54) is 18.6 Å². The molecule has 1 aliphatic rings. The van der Waals surface area contributed by atoms with Crippen LogP contribution in [0, 0.1) is 0 Å². The molecular formula is C12H21NO5S3. The fourth-order valence-electron chi connectivity index (χ4n) is 1.83. The largest absolute Gasteiger partial charge is 0.463 e. The number of aliphatic imine (C=N–C) groups is 1. The Bertz CT molecular complexity index is 452. The van der Waals surface area contributed by atoms with Crippen LogP contribution in [0.1, 0.15) is 5.76 Å². The van der Waals surface area contributed by atoms with Crippen LogP contribution in [0.4, 0.5) is 0 Å². The molecule has 6 nitrogen and oxygen atoms in total. The van der Waals surface area contributed by atoms with E-state index in [0.29, 0.717) is 5.76 Å². The molecule has 9 heteroatoms. The quantitative estimate of drug-likeness (QED) is 0.429. The summed E-state index contributed by atoms with van der Waals surface area (Å²) < 4.78 is 5.05. The van der Waals surface area contributed by atoms with Crippen LogP contribution < -0.4 is 0 Å². The first-order valence-electron chi connectivity index (χ1n) is 5.56. The molecule has 0 amide bonds. The molecule has 0 saturated carbocycles. The minimum Gasteiger partial charge on any atom is -0.463 e. The summed E-state index contributed by atoms with van der Waals surface area (Å²) in [5.74, 6) is 0.516. The average Bonchev–Trinajstić information content (AvgIpc) is 2.88. The van der Waals surface area contributed by atoms with E-state index >= 15 is 0 Å². The first kappa shape index (κ1) is 22.9. The topological polar surface area (TPSA) is 106 Å². The first-order valence-corrected chi connectivity index (χ1v) is 5.56. The van der Waals surface area contributed by atoms with Crippen LogP contribution in [-0.2, 0) is 0 Å². The minimum absolute atomic E-state index is 0. The van der Waals surface area contributed by atoms with Crippen molar-refractivity contribution in [1.29, 1.82) is 0 Å². The Labute approximate surface area is 143 Å². The Kier molecular flexibility index (Phi) is 11.2. The number of nitrogens with zero attached hydrogens (tertiary/aromatic N) is 1. The van der Waals surface area contributed by atoms with Crippen LogP contribution >= 0.6 is 40.5 Å². The Morgan fingerprint density at radius 1 is 1.14 bits per heavy atom. The van der Waals surface area contributed by atoms with Crippen molar-refractivity contribution in [2.75, 3.05) is 6.61 Å². The lowest BCUT2D eigenvalue weighted by molar-refractivity contribution is -0.0592. The standard InChI is InChI=1S/C12H15NO5.3H2S/c14-6-7-4-9(11(16)12(17)10(7)15)13-5-8-2-1-3-18-8;;;/h1-5,9-12,14-17H,6H2;3*1H2/t9-,10+,11-,12?;;;/m0.../s1. The van der Waals surface area contributed by atoms with Gasteiger partial charge >= 0.3 is 0 Å². The van der Waals surface area contributed by atoms with Crippen molar-refractivity contribution in [2.24, 2.45) is 4.99 Å². The lowest BCUT2D eigenvalue weighted by atomic mass is 9.88. The highest BCUT2D eigenvalue weighted by Crippen LogP contribution is 2.22. The number of hydrogen-bond acceptors (Lipinski definition) is 6. The third kappa shape index (κ3) is 5.37.